The number of phenolic OH excluding ortho intramolecular Hbond substituents is 1. The molecule has 2 bridgehead atoms. The van der Waals surface area contributed by atoms with E-state index in [1.165, 1.54) is 4.90 Å². The van der Waals surface area contributed by atoms with Crippen LogP contribution in [-0.4, -0.2) is 140 Å². The number of amides is 2. The summed E-state index contributed by atoms with van der Waals surface area (Å²) in [6.07, 6.45) is 4.89. The average molecular weight is 1080 g/mol. The Balaban J connectivity index is 0.699. The number of ether oxygens (including phenoxy) is 1. The monoisotopic (exact) mass is 1080 g/mol. The largest absolute Gasteiger partial charge is 0.508 e. The number of phenols is 1. The summed E-state index contributed by atoms with van der Waals surface area (Å²) in [5.41, 5.74) is 6.62. The quantitative estimate of drug-likeness (QED) is 0.0769. The van der Waals surface area contributed by atoms with Gasteiger partial charge in [0.25, 0.3) is 0 Å². The van der Waals surface area contributed by atoms with Gasteiger partial charge in [0.05, 0.1) is 33.6 Å². The number of benzene rings is 3. The van der Waals surface area contributed by atoms with Crippen molar-refractivity contribution in [3.63, 3.8) is 0 Å². The van der Waals surface area contributed by atoms with Crippen LogP contribution in [0.15, 0.2) is 76.9 Å². The van der Waals surface area contributed by atoms with Crippen molar-refractivity contribution in [1.82, 2.24) is 45.5 Å². The van der Waals surface area contributed by atoms with Crippen LogP contribution >= 0.6 is 11.3 Å². The topological polar surface area (TPSA) is 198 Å². The predicted octanol–water partition coefficient (Wildman–Crippen LogP) is 8.03. The maximum absolute atomic E-state index is 17.3. The first-order valence-electron chi connectivity index (χ1n) is 27.8. The molecule has 17 nitrogen and oxygen atoms in total. The molecule has 3 aromatic carbocycles. The normalized spacial score (nSPS) is 23.2. The number of aliphatic hydroxyl groups excluding tert-OH is 1. The van der Waals surface area contributed by atoms with Gasteiger partial charge in [0.2, 0.25) is 11.8 Å². The second kappa shape index (κ2) is 21.4. The lowest BCUT2D eigenvalue weighted by molar-refractivity contribution is -0.141. The maximum atomic E-state index is 17.3. The van der Waals surface area contributed by atoms with Gasteiger partial charge in [-0.15, -0.1) is 11.3 Å². The number of piperazine rings is 1. The zero-order valence-corrected chi connectivity index (χ0v) is 45.7. The number of anilines is 2. The second-order valence-corrected chi connectivity index (χ2v) is 23.4. The van der Waals surface area contributed by atoms with E-state index in [-0.39, 0.29) is 65.8 Å². The molecule has 7 aromatic rings. The lowest BCUT2D eigenvalue weighted by Crippen LogP contribution is -2.54. The SMILES string of the molecule is CCc1cccc2cc(O)cc(-c3ncc4c(N5CC6CCCC5CN6)nc(OCCN5C[C@@H]6CN(c7cc([C@@H](C(=O)N8C[C@H](O)C[C@H]8C(=O)N[C@@H](C)c8ccc(-c9scnc9C)cc8)C(C)C)on7)C[C@@H]6C5)nc4c3F)c12. The number of thiazole rings is 1. The van der Waals surface area contributed by atoms with Crippen LogP contribution in [0.3, 0.4) is 0 Å². The summed E-state index contributed by atoms with van der Waals surface area (Å²) in [4.78, 5) is 56.8. The summed E-state index contributed by atoms with van der Waals surface area (Å²) in [6, 6.07) is 18.6. The van der Waals surface area contributed by atoms with Gasteiger partial charge in [-0.05, 0) is 96.9 Å². The van der Waals surface area contributed by atoms with Crippen molar-refractivity contribution in [2.45, 2.75) is 103 Å². The molecule has 0 radical (unpaired) electrons. The number of fused-ring (bicyclic) bond motifs is 7. The minimum Gasteiger partial charge on any atom is -0.508 e. The Hall–Kier alpha value is -6.80. The van der Waals surface area contributed by atoms with Crippen LogP contribution in [0.1, 0.15) is 87.9 Å². The molecule has 13 rings (SSSR count). The number of halogens is 1. The lowest BCUT2D eigenvalue weighted by atomic mass is 9.91. The number of hydrogen-bond donors (Lipinski definition) is 4. The maximum Gasteiger partial charge on any atom is 0.319 e. The second-order valence-electron chi connectivity index (χ2n) is 22.6. The summed E-state index contributed by atoms with van der Waals surface area (Å²) in [5.74, 6) is 0.503. The molecule has 6 aliphatic heterocycles. The smallest absolute Gasteiger partial charge is 0.319 e. The summed E-state index contributed by atoms with van der Waals surface area (Å²) in [7, 11) is 0. The Morgan fingerprint density at radius 2 is 1.79 bits per heavy atom. The number of carbonyl (C=O) groups excluding carboxylic acids is 2. The zero-order valence-electron chi connectivity index (χ0n) is 44.9. The minimum absolute atomic E-state index is 0.0351. The van der Waals surface area contributed by atoms with Gasteiger partial charge in [-0.25, -0.2) is 9.37 Å². The number of aryl methyl sites for hydroxylation is 2. The van der Waals surface area contributed by atoms with Gasteiger partial charge in [-0.3, -0.25) is 19.5 Å². The number of nitrogens with zero attached hydrogens (tertiary/aromatic N) is 9. The molecule has 6 saturated heterocycles. The van der Waals surface area contributed by atoms with Crippen molar-refractivity contribution in [3.05, 3.63) is 101 Å². The fraction of sp³-hybridized carbons (Fsp3) is 0.475. The molecule has 19 heteroatoms. The fourth-order valence-corrected chi connectivity index (χ4v) is 13.9. The molecule has 0 spiro atoms. The third kappa shape index (κ3) is 9.91. The van der Waals surface area contributed by atoms with Crippen molar-refractivity contribution in [3.8, 4) is 33.5 Å². The summed E-state index contributed by atoms with van der Waals surface area (Å²) < 4.78 is 29.7. The molecule has 2 amide bonds. The number of hydrogen-bond acceptors (Lipinski definition) is 16. The molecule has 0 saturated carbocycles. The number of carbonyl (C=O) groups is 2. The van der Waals surface area contributed by atoms with E-state index >= 15 is 4.39 Å². The molecule has 2 unspecified atom stereocenters. The van der Waals surface area contributed by atoms with Gasteiger partial charge in [0.15, 0.2) is 17.4 Å². The Morgan fingerprint density at radius 1 is 0.987 bits per heavy atom. The number of β-amino-alcohol motifs (C(OH)–C–C–N with tert-alkyl or cyclic N) is 1. The van der Waals surface area contributed by atoms with Gasteiger partial charge in [-0.1, -0.05) is 68.4 Å². The van der Waals surface area contributed by atoms with Gasteiger partial charge in [-0.2, -0.15) is 9.97 Å². The van der Waals surface area contributed by atoms with Crippen LogP contribution in [0.4, 0.5) is 16.0 Å². The van der Waals surface area contributed by atoms with Crippen molar-refractivity contribution < 1.29 is 33.5 Å². The molecule has 6 fully saturated rings. The summed E-state index contributed by atoms with van der Waals surface area (Å²) >= 11 is 1.59. The van der Waals surface area contributed by atoms with E-state index in [9.17, 15) is 19.8 Å². The molecule has 8 atom stereocenters. The molecule has 10 heterocycles. The average Bonchev–Trinajstić information content (AvgIpc) is 4.34. The van der Waals surface area contributed by atoms with Gasteiger partial charge < -0.3 is 44.8 Å². The Morgan fingerprint density at radius 3 is 2.55 bits per heavy atom. The van der Waals surface area contributed by atoms with E-state index in [0.29, 0.717) is 59.4 Å². The molecule has 4 aromatic heterocycles. The molecule has 78 heavy (non-hydrogen) atoms. The third-order valence-electron chi connectivity index (χ3n) is 17.1. The minimum atomic E-state index is -0.833. The number of aliphatic hydroxyl groups is 1. The number of aromatic hydroxyl groups is 1. The first kappa shape index (κ1) is 51.9. The molecular formula is C59H68FN11O6S. The van der Waals surface area contributed by atoms with Crippen molar-refractivity contribution in [2.24, 2.45) is 17.8 Å². The third-order valence-corrected chi connectivity index (χ3v) is 18.1. The first-order valence-corrected chi connectivity index (χ1v) is 28.6. The van der Waals surface area contributed by atoms with Crippen LogP contribution in [0.5, 0.6) is 11.8 Å². The molecule has 408 valence electrons. The molecule has 4 N–H and O–H groups in total. The fourth-order valence-electron chi connectivity index (χ4n) is 13.1. The highest BCUT2D eigenvalue weighted by molar-refractivity contribution is 7.13. The molecular weight excluding hydrogens is 1010 g/mol. The van der Waals surface area contributed by atoms with Crippen LogP contribution in [0, 0.1) is 30.5 Å². The summed E-state index contributed by atoms with van der Waals surface area (Å²) in [6.45, 7) is 15.7. The van der Waals surface area contributed by atoms with Crippen LogP contribution in [0.25, 0.3) is 43.4 Å². The molecule has 6 aliphatic rings. The van der Waals surface area contributed by atoms with E-state index in [1.54, 1.807) is 29.7 Å². The highest BCUT2D eigenvalue weighted by Crippen LogP contribution is 2.41. The van der Waals surface area contributed by atoms with Gasteiger partial charge in [0, 0.05) is 88.7 Å². The Bertz CT molecular complexity index is 3350. The van der Waals surface area contributed by atoms with Crippen LogP contribution in [0.2, 0.25) is 0 Å². The van der Waals surface area contributed by atoms with E-state index in [0.717, 1.165) is 103 Å². The van der Waals surface area contributed by atoms with Crippen LogP contribution < -0.4 is 25.2 Å². The Kier molecular flexibility index (Phi) is 14.3. The van der Waals surface area contributed by atoms with Crippen LogP contribution in [-0.2, 0) is 16.0 Å². The molecule has 0 aliphatic carbocycles. The van der Waals surface area contributed by atoms with E-state index in [4.69, 9.17) is 24.2 Å². The van der Waals surface area contributed by atoms with E-state index in [2.05, 4.69) is 42.4 Å². The standard InChI is InChI=1S/C59H68FN11O6S/c1-6-35-9-7-10-38-19-43(72)20-45(51(35)38)53-52(60)54-46(24-62-53)56(70-29-41-11-8-12-42(70)23-61-41)66-59(65-54)76-18-17-68-25-39-27-69(28-40(39)26-68)49-22-48(77-67-49)50(32(2)3)58(75)71-30-44(73)21-47(71)57(74)64-33(4)36-13-15-37(16-14-36)55-34(5)63-31-78-55/h7,9-10,13-16,19-20,22,24,31-33,39-42,44,47,50,61,72-73H,6,8,11-12,17-18,21,23,25-30H2,1-5H3,(H,64,74)/t33-,39-,40+,41?,42?,44+,47-,50-/m0/s1. The van der Waals surface area contributed by atoms with E-state index < -0.39 is 23.9 Å². The highest BCUT2D eigenvalue weighted by Gasteiger charge is 2.45. The number of likely N-dealkylation sites (tertiary alicyclic amines) is 2. The number of rotatable bonds is 15. The predicted molar refractivity (Wildman–Crippen MR) is 298 cm³/mol. The van der Waals surface area contributed by atoms with Gasteiger partial charge >= 0.3 is 6.01 Å². The van der Waals surface area contributed by atoms with Crippen molar-refractivity contribution in [1.29, 1.82) is 0 Å². The first-order chi connectivity index (χ1) is 37.8. The van der Waals surface area contributed by atoms with Gasteiger partial charge in [0.1, 0.15) is 41.3 Å². The lowest BCUT2D eigenvalue weighted by Gasteiger charge is -2.38. The number of pyridine rings is 1. The number of aromatic nitrogens is 5. The van der Waals surface area contributed by atoms with Crippen molar-refractivity contribution >= 4 is 56.5 Å². The van der Waals surface area contributed by atoms with E-state index in [1.807, 2.05) is 81.7 Å². The zero-order chi connectivity index (χ0) is 53.9. The summed E-state index contributed by atoms with van der Waals surface area (Å²) in [5, 5.41) is 35.1. The number of nitrogens with one attached hydrogen (secondary N) is 2. The van der Waals surface area contributed by atoms with Crippen molar-refractivity contribution in [2.75, 3.05) is 68.8 Å². The highest BCUT2D eigenvalue weighted by atomic mass is 32.1. The Labute approximate surface area is 457 Å².